The Labute approximate surface area is 140 Å². The Hall–Kier alpha value is -3.23. The Morgan fingerprint density at radius 1 is 1.20 bits per heavy atom. The molecule has 0 fully saturated rings. The number of nitrogens with one attached hydrogen (secondary N) is 1. The van der Waals surface area contributed by atoms with Gasteiger partial charge in [0, 0.05) is 11.6 Å². The molecule has 0 bridgehead atoms. The molecule has 1 amide bonds. The number of amides is 1. The standard InChI is InChI=1S/C16H12F3N3O3/c17-16(18,19)13-6-3-4-11(8-13)10-20-21-15(23)9-12-5-1-2-7-14(12)22(24)25/h1-8,10H,9H2,(H,21,23)/b20-10+. The van der Waals surface area contributed by atoms with Crippen molar-refractivity contribution in [2.45, 2.75) is 12.6 Å². The zero-order valence-electron chi connectivity index (χ0n) is 12.7. The molecule has 0 spiro atoms. The van der Waals surface area contributed by atoms with Crippen LogP contribution in [0.3, 0.4) is 0 Å². The second-order valence-electron chi connectivity index (χ2n) is 4.98. The second kappa shape index (κ2) is 7.56. The highest BCUT2D eigenvalue weighted by Crippen LogP contribution is 2.29. The lowest BCUT2D eigenvalue weighted by molar-refractivity contribution is -0.385. The molecule has 2 aromatic rings. The van der Waals surface area contributed by atoms with E-state index in [9.17, 15) is 28.1 Å². The minimum Gasteiger partial charge on any atom is -0.273 e. The Morgan fingerprint density at radius 3 is 2.60 bits per heavy atom. The van der Waals surface area contributed by atoms with Crippen LogP contribution in [0.2, 0.25) is 0 Å². The first-order chi connectivity index (χ1) is 11.8. The molecule has 0 atom stereocenters. The molecule has 0 aliphatic rings. The minimum atomic E-state index is -4.47. The molecule has 25 heavy (non-hydrogen) atoms. The lowest BCUT2D eigenvalue weighted by atomic mass is 10.1. The fourth-order valence-corrected chi connectivity index (χ4v) is 2.03. The van der Waals surface area contributed by atoms with Gasteiger partial charge in [-0.05, 0) is 17.7 Å². The number of carbonyl (C=O) groups is 1. The molecule has 0 aliphatic heterocycles. The van der Waals surface area contributed by atoms with E-state index >= 15 is 0 Å². The van der Waals surface area contributed by atoms with Crippen LogP contribution in [0.1, 0.15) is 16.7 Å². The van der Waals surface area contributed by atoms with Crippen molar-refractivity contribution >= 4 is 17.8 Å². The number of benzene rings is 2. The van der Waals surface area contributed by atoms with E-state index in [1.165, 1.54) is 30.3 Å². The SMILES string of the molecule is O=C(Cc1ccccc1[N+](=O)[O-])N/N=C/c1cccc(C(F)(F)F)c1. The number of hydrogen-bond acceptors (Lipinski definition) is 4. The predicted octanol–water partition coefficient (Wildman–Crippen LogP) is 3.31. The van der Waals surface area contributed by atoms with Crippen molar-refractivity contribution in [1.82, 2.24) is 5.43 Å². The molecule has 2 rings (SSSR count). The van der Waals surface area contributed by atoms with Gasteiger partial charge >= 0.3 is 6.18 Å². The van der Waals surface area contributed by atoms with Crippen LogP contribution in [-0.4, -0.2) is 17.0 Å². The highest BCUT2D eigenvalue weighted by molar-refractivity contribution is 5.83. The third-order valence-corrected chi connectivity index (χ3v) is 3.16. The van der Waals surface area contributed by atoms with Gasteiger partial charge in [-0.1, -0.05) is 30.3 Å². The fraction of sp³-hybridized carbons (Fsp3) is 0.125. The van der Waals surface area contributed by atoms with Crippen molar-refractivity contribution in [2.75, 3.05) is 0 Å². The monoisotopic (exact) mass is 351 g/mol. The van der Waals surface area contributed by atoms with Crippen molar-refractivity contribution in [3.63, 3.8) is 0 Å². The van der Waals surface area contributed by atoms with Gasteiger partial charge in [0.2, 0.25) is 5.91 Å². The first-order valence-corrected chi connectivity index (χ1v) is 6.99. The Morgan fingerprint density at radius 2 is 1.92 bits per heavy atom. The molecule has 0 aliphatic carbocycles. The zero-order valence-corrected chi connectivity index (χ0v) is 12.7. The summed E-state index contributed by atoms with van der Waals surface area (Å²) in [5.74, 6) is -0.627. The van der Waals surface area contributed by atoms with E-state index in [4.69, 9.17) is 0 Å². The molecule has 0 aromatic heterocycles. The zero-order chi connectivity index (χ0) is 18.4. The molecule has 9 heteroatoms. The largest absolute Gasteiger partial charge is 0.416 e. The van der Waals surface area contributed by atoms with Gasteiger partial charge in [0.05, 0.1) is 23.1 Å². The average molecular weight is 351 g/mol. The molecule has 0 unspecified atom stereocenters. The molecule has 0 saturated heterocycles. The van der Waals surface area contributed by atoms with Gasteiger partial charge < -0.3 is 0 Å². The van der Waals surface area contributed by atoms with E-state index in [0.717, 1.165) is 18.3 Å². The number of hydrazone groups is 1. The summed E-state index contributed by atoms with van der Waals surface area (Å²) in [5, 5.41) is 14.4. The van der Waals surface area contributed by atoms with Crippen molar-refractivity contribution in [2.24, 2.45) is 5.10 Å². The van der Waals surface area contributed by atoms with Gasteiger partial charge in [0.15, 0.2) is 0 Å². The Kier molecular flexibility index (Phi) is 5.48. The number of nitro benzene ring substituents is 1. The highest BCUT2D eigenvalue weighted by atomic mass is 19.4. The Bertz CT molecular complexity index is 820. The number of rotatable bonds is 5. The Balaban J connectivity index is 2.01. The second-order valence-corrected chi connectivity index (χ2v) is 4.98. The van der Waals surface area contributed by atoms with Crippen LogP contribution in [0, 0.1) is 10.1 Å². The van der Waals surface area contributed by atoms with Gasteiger partial charge in [0.1, 0.15) is 0 Å². The van der Waals surface area contributed by atoms with Crippen molar-refractivity contribution in [3.05, 3.63) is 75.3 Å². The summed E-state index contributed by atoms with van der Waals surface area (Å²) >= 11 is 0. The van der Waals surface area contributed by atoms with Crippen LogP contribution < -0.4 is 5.43 Å². The van der Waals surface area contributed by atoms with Crippen LogP contribution >= 0.6 is 0 Å². The summed E-state index contributed by atoms with van der Waals surface area (Å²) in [4.78, 5) is 22.0. The maximum absolute atomic E-state index is 12.6. The minimum absolute atomic E-state index is 0.154. The van der Waals surface area contributed by atoms with Crippen LogP contribution in [0.4, 0.5) is 18.9 Å². The van der Waals surface area contributed by atoms with E-state index < -0.39 is 22.6 Å². The number of carbonyl (C=O) groups excluding carboxylic acids is 1. The van der Waals surface area contributed by atoms with Gasteiger partial charge in [-0.3, -0.25) is 14.9 Å². The summed E-state index contributed by atoms with van der Waals surface area (Å²) in [7, 11) is 0. The molecule has 0 saturated carbocycles. The number of halogens is 3. The first kappa shape index (κ1) is 18.1. The summed E-state index contributed by atoms with van der Waals surface area (Å²) in [5.41, 5.74) is 1.47. The quantitative estimate of drug-likeness (QED) is 0.509. The normalized spacial score (nSPS) is 11.5. The van der Waals surface area contributed by atoms with E-state index in [-0.39, 0.29) is 23.2 Å². The first-order valence-electron chi connectivity index (χ1n) is 6.99. The highest BCUT2D eigenvalue weighted by Gasteiger charge is 2.30. The van der Waals surface area contributed by atoms with Crippen LogP contribution in [0.5, 0.6) is 0 Å². The van der Waals surface area contributed by atoms with Gasteiger partial charge in [-0.25, -0.2) is 5.43 Å². The van der Waals surface area contributed by atoms with Gasteiger partial charge in [-0.15, -0.1) is 0 Å². The predicted molar refractivity (Wildman–Crippen MR) is 84.0 cm³/mol. The molecule has 6 nitrogen and oxygen atoms in total. The van der Waals surface area contributed by atoms with E-state index in [0.29, 0.717) is 0 Å². The van der Waals surface area contributed by atoms with E-state index in [1.807, 2.05) is 0 Å². The summed E-state index contributed by atoms with van der Waals surface area (Å²) in [6, 6.07) is 10.2. The maximum Gasteiger partial charge on any atom is 0.416 e. The number of alkyl halides is 3. The van der Waals surface area contributed by atoms with Gasteiger partial charge in [-0.2, -0.15) is 18.3 Å². The lowest BCUT2D eigenvalue weighted by Gasteiger charge is -2.06. The molecule has 2 aromatic carbocycles. The van der Waals surface area contributed by atoms with Crippen LogP contribution in [0.15, 0.2) is 53.6 Å². The number of hydrogen-bond donors (Lipinski definition) is 1. The smallest absolute Gasteiger partial charge is 0.273 e. The third-order valence-electron chi connectivity index (χ3n) is 3.16. The summed E-state index contributed by atoms with van der Waals surface area (Å²) in [6.07, 6.45) is -3.69. The third kappa shape index (κ3) is 5.13. The van der Waals surface area contributed by atoms with Crippen molar-refractivity contribution in [1.29, 1.82) is 0 Å². The van der Waals surface area contributed by atoms with Crippen LogP contribution in [0.25, 0.3) is 0 Å². The summed E-state index contributed by atoms with van der Waals surface area (Å²) in [6.45, 7) is 0. The topological polar surface area (TPSA) is 84.6 Å². The van der Waals surface area contributed by atoms with Crippen molar-refractivity contribution in [3.8, 4) is 0 Å². The number of para-hydroxylation sites is 1. The molecule has 130 valence electrons. The molecular weight excluding hydrogens is 339 g/mol. The summed E-state index contributed by atoms with van der Waals surface area (Å²) < 4.78 is 37.8. The average Bonchev–Trinajstić information content (AvgIpc) is 2.54. The fourth-order valence-electron chi connectivity index (χ4n) is 2.03. The van der Waals surface area contributed by atoms with Crippen LogP contribution in [-0.2, 0) is 17.4 Å². The maximum atomic E-state index is 12.6. The number of nitro groups is 1. The molecule has 1 N–H and O–H groups in total. The number of nitrogens with zero attached hydrogens (tertiary/aromatic N) is 2. The van der Waals surface area contributed by atoms with Gasteiger partial charge in [0.25, 0.3) is 5.69 Å². The lowest BCUT2D eigenvalue weighted by Crippen LogP contribution is -2.20. The molecule has 0 radical (unpaired) electrons. The molecule has 0 heterocycles. The van der Waals surface area contributed by atoms with E-state index in [2.05, 4.69) is 10.5 Å². The van der Waals surface area contributed by atoms with E-state index in [1.54, 1.807) is 6.07 Å². The molecular formula is C16H12F3N3O3. The van der Waals surface area contributed by atoms with Crippen molar-refractivity contribution < 1.29 is 22.9 Å².